The Kier molecular flexibility index (Phi) is 5.66. The van der Waals surface area contributed by atoms with Gasteiger partial charge in [0.2, 0.25) is 0 Å². The first-order chi connectivity index (χ1) is 8.25. The van der Waals surface area contributed by atoms with Crippen molar-refractivity contribution in [3.05, 3.63) is 53.1 Å². The van der Waals surface area contributed by atoms with Crippen molar-refractivity contribution in [2.75, 3.05) is 5.75 Å². The van der Waals surface area contributed by atoms with Crippen molar-refractivity contribution in [1.29, 1.82) is 0 Å². The molecule has 0 amide bonds. The molecule has 0 nitrogen and oxygen atoms in total. The van der Waals surface area contributed by atoms with Gasteiger partial charge in [0.05, 0.1) is 0 Å². The topological polar surface area (TPSA) is 0 Å². The summed E-state index contributed by atoms with van der Waals surface area (Å²) in [6.45, 7) is 4.33. The Labute approximate surface area is 109 Å². The van der Waals surface area contributed by atoms with Gasteiger partial charge in [0.15, 0.2) is 0 Å². The number of terminal acetylenes is 1. The fourth-order valence-electron chi connectivity index (χ4n) is 1.72. The van der Waals surface area contributed by atoms with Crippen LogP contribution in [0.5, 0.6) is 0 Å². The van der Waals surface area contributed by atoms with Gasteiger partial charge in [-0.2, -0.15) is 0 Å². The third-order valence-electron chi connectivity index (χ3n) is 2.58. The molecule has 0 saturated carbocycles. The van der Waals surface area contributed by atoms with E-state index < -0.39 is 0 Å². The van der Waals surface area contributed by atoms with E-state index in [1.807, 2.05) is 11.8 Å². The van der Waals surface area contributed by atoms with Gasteiger partial charge in [0.25, 0.3) is 0 Å². The molecule has 0 spiro atoms. The number of thioether (sulfide) groups is 1. The highest BCUT2D eigenvalue weighted by atomic mass is 32.2. The normalized spacial score (nSPS) is 19.2. The van der Waals surface area contributed by atoms with Gasteiger partial charge < -0.3 is 0 Å². The molecule has 88 valence electrons. The molecule has 0 N–H and O–H groups in total. The van der Waals surface area contributed by atoms with Crippen LogP contribution in [0.2, 0.25) is 0 Å². The van der Waals surface area contributed by atoms with Crippen LogP contribution in [-0.2, 0) is 6.42 Å². The largest absolute Gasteiger partial charge is 0.124 e. The summed E-state index contributed by atoms with van der Waals surface area (Å²) < 4.78 is 0. The second kappa shape index (κ2) is 7.04. The second-order valence-corrected chi connectivity index (χ2v) is 5.04. The average Bonchev–Trinajstić information content (AvgIpc) is 2.44. The van der Waals surface area contributed by atoms with E-state index in [0.717, 1.165) is 12.2 Å². The first kappa shape index (κ1) is 13.7. The summed E-state index contributed by atoms with van der Waals surface area (Å²) in [5.74, 6) is 1.07. The number of benzene rings is 1. The molecule has 0 atom stereocenters. The van der Waals surface area contributed by atoms with Crippen LogP contribution in [0.25, 0.3) is 0 Å². The summed E-state index contributed by atoms with van der Waals surface area (Å²) in [6.07, 6.45) is 15.8. The van der Waals surface area contributed by atoms with Crippen molar-refractivity contribution >= 4 is 11.8 Å². The first-order valence-electron chi connectivity index (χ1n) is 5.64. The third kappa shape index (κ3) is 4.17. The lowest BCUT2D eigenvalue weighted by molar-refractivity contribution is 1.15. The maximum absolute atomic E-state index is 4.00. The maximum Gasteiger partial charge on any atom is 0.0164 e. The number of aryl methyl sites for hydroxylation is 1. The molecule has 0 bridgehead atoms. The van der Waals surface area contributed by atoms with Gasteiger partial charge >= 0.3 is 0 Å². The Balaban J connectivity index is 0.000000686. The molecule has 1 aliphatic heterocycles. The van der Waals surface area contributed by atoms with Crippen molar-refractivity contribution in [1.82, 2.24) is 0 Å². The van der Waals surface area contributed by atoms with Crippen molar-refractivity contribution in [3.8, 4) is 12.8 Å². The van der Waals surface area contributed by atoms with Crippen molar-refractivity contribution < 1.29 is 0 Å². The van der Waals surface area contributed by atoms with Crippen LogP contribution >= 0.6 is 11.8 Å². The summed E-state index contributed by atoms with van der Waals surface area (Å²) in [4.78, 5) is 1.43. The summed E-state index contributed by atoms with van der Waals surface area (Å²) in [6, 6.07) is 6.75. The standard InChI is InChI=1S/C14H16S.C2H2/c1-11-4-3-9-15-14-8-6-12(2)10-13(14)7-5-11;1-2/h3-6,8,10H,7,9H2,1-2H3;1-2H/b4-3-,11-5-;. The molecule has 0 aromatic heterocycles. The highest BCUT2D eigenvalue weighted by Gasteiger charge is 2.03. The monoisotopic (exact) mass is 242 g/mol. The molecular formula is C16H18S. The van der Waals surface area contributed by atoms with E-state index in [9.17, 15) is 0 Å². The van der Waals surface area contributed by atoms with Gasteiger partial charge in [0.1, 0.15) is 0 Å². The molecule has 1 aromatic rings. The predicted molar refractivity (Wildman–Crippen MR) is 78.4 cm³/mol. The predicted octanol–water partition coefficient (Wildman–Crippen LogP) is 4.40. The molecule has 0 fully saturated rings. The number of rotatable bonds is 0. The number of fused-ring (bicyclic) bond motifs is 1. The molecule has 2 rings (SSSR count). The second-order valence-electron chi connectivity index (χ2n) is 3.98. The Morgan fingerprint density at radius 3 is 2.71 bits per heavy atom. The lowest BCUT2D eigenvalue weighted by Gasteiger charge is -2.07. The highest BCUT2D eigenvalue weighted by molar-refractivity contribution is 7.99. The zero-order chi connectivity index (χ0) is 12.7. The number of allylic oxidation sites excluding steroid dienone is 3. The van der Waals surface area contributed by atoms with Crippen LogP contribution in [0.15, 0.2) is 46.9 Å². The van der Waals surface area contributed by atoms with Gasteiger partial charge in [-0.15, -0.1) is 24.6 Å². The van der Waals surface area contributed by atoms with Crippen molar-refractivity contribution in [2.24, 2.45) is 0 Å². The van der Waals surface area contributed by atoms with E-state index in [1.54, 1.807) is 0 Å². The van der Waals surface area contributed by atoms with Gasteiger partial charge in [0, 0.05) is 10.6 Å². The summed E-state index contributed by atoms with van der Waals surface area (Å²) in [5.41, 5.74) is 4.18. The lowest BCUT2D eigenvalue weighted by atomic mass is 10.1. The zero-order valence-corrected chi connectivity index (χ0v) is 11.3. The van der Waals surface area contributed by atoms with E-state index in [0.29, 0.717) is 0 Å². The van der Waals surface area contributed by atoms with Crippen LogP contribution in [0.1, 0.15) is 18.1 Å². The molecule has 0 unspecified atom stereocenters. The van der Waals surface area contributed by atoms with Crippen LogP contribution in [0.3, 0.4) is 0 Å². The summed E-state index contributed by atoms with van der Waals surface area (Å²) in [5, 5.41) is 0. The van der Waals surface area contributed by atoms with Crippen molar-refractivity contribution in [3.63, 3.8) is 0 Å². The lowest BCUT2D eigenvalue weighted by Crippen LogP contribution is -1.88. The highest BCUT2D eigenvalue weighted by Crippen LogP contribution is 2.26. The van der Waals surface area contributed by atoms with Crippen LogP contribution in [-0.4, -0.2) is 5.75 Å². The van der Waals surface area contributed by atoms with Crippen LogP contribution in [0, 0.1) is 19.8 Å². The van der Waals surface area contributed by atoms with E-state index in [-0.39, 0.29) is 0 Å². The Hall–Kier alpha value is -1.39. The SMILES string of the molecule is C#C.CC1=C/Cc2cc(C)ccc2SC/C=C\1. The minimum atomic E-state index is 1.06. The molecular weight excluding hydrogens is 224 g/mol. The maximum atomic E-state index is 4.00. The number of hydrogen-bond donors (Lipinski definition) is 0. The minimum Gasteiger partial charge on any atom is -0.124 e. The number of hydrogen-bond acceptors (Lipinski definition) is 1. The molecule has 1 heteroatoms. The minimum absolute atomic E-state index is 1.06. The van der Waals surface area contributed by atoms with Crippen molar-refractivity contribution in [2.45, 2.75) is 25.2 Å². The fourth-order valence-corrected chi connectivity index (χ4v) is 2.58. The Morgan fingerprint density at radius 1 is 1.18 bits per heavy atom. The first-order valence-corrected chi connectivity index (χ1v) is 6.63. The van der Waals surface area contributed by atoms with E-state index in [2.05, 4.69) is 63.1 Å². The molecule has 1 aromatic carbocycles. The Morgan fingerprint density at radius 2 is 1.94 bits per heavy atom. The molecule has 0 radical (unpaired) electrons. The Bertz CT molecular complexity index is 450. The molecule has 1 heterocycles. The summed E-state index contributed by atoms with van der Waals surface area (Å²) >= 11 is 1.93. The smallest absolute Gasteiger partial charge is 0.0164 e. The van der Waals surface area contributed by atoms with Crippen LogP contribution < -0.4 is 0 Å². The van der Waals surface area contributed by atoms with Gasteiger partial charge in [-0.25, -0.2) is 0 Å². The molecule has 0 saturated heterocycles. The van der Waals surface area contributed by atoms with E-state index >= 15 is 0 Å². The van der Waals surface area contributed by atoms with Gasteiger partial charge in [-0.3, -0.25) is 0 Å². The van der Waals surface area contributed by atoms with E-state index in [4.69, 9.17) is 0 Å². The summed E-state index contributed by atoms with van der Waals surface area (Å²) in [7, 11) is 0. The van der Waals surface area contributed by atoms with E-state index in [1.165, 1.54) is 21.6 Å². The quantitative estimate of drug-likeness (QED) is 0.608. The third-order valence-corrected chi connectivity index (χ3v) is 3.64. The molecule has 0 aliphatic carbocycles. The molecule has 17 heavy (non-hydrogen) atoms. The zero-order valence-electron chi connectivity index (χ0n) is 10.4. The molecule has 1 aliphatic rings. The average molecular weight is 242 g/mol. The van der Waals surface area contributed by atoms with Gasteiger partial charge in [-0.1, -0.05) is 41.5 Å². The fraction of sp³-hybridized carbons (Fsp3) is 0.250. The van der Waals surface area contributed by atoms with Crippen LogP contribution in [0.4, 0.5) is 0 Å². The van der Waals surface area contributed by atoms with Gasteiger partial charge in [-0.05, 0) is 31.9 Å².